The Morgan fingerprint density at radius 2 is 1.90 bits per heavy atom. The molecule has 1 aliphatic heterocycles. The van der Waals surface area contributed by atoms with Gasteiger partial charge in [0.05, 0.1) is 22.8 Å². The van der Waals surface area contributed by atoms with Crippen molar-refractivity contribution in [2.75, 3.05) is 20.1 Å². The molecule has 31 heavy (non-hydrogen) atoms. The van der Waals surface area contributed by atoms with E-state index >= 15 is 0 Å². The number of rotatable bonds is 5. The van der Waals surface area contributed by atoms with Gasteiger partial charge in [0.15, 0.2) is 0 Å². The van der Waals surface area contributed by atoms with E-state index in [4.69, 9.17) is 0 Å². The van der Waals surface area contributed by atoms with Crippen LogP contribution in [0.1, 0.15) is 45.6 Å². The van der Waals surface area contributed by atoms with Gasteiger partial charge in [-0.1, -0.05) is 33.4 Å². The van der Waals surface area contributed by atoms with E-state index in [1.165, 1.54) is 25.2 Å². The van der Waals surface area contributed by atoms with Crippen LogP contribution in [0.4, 0.5) is 8.78 Å². The first-order valence-electron chi connectivity index (χ1n) is 10.6. The zero-order chi connectivity index (χ0) is 23.0. The molecule has 1 saturated heterocycles. The molecule has 0 bridgehead atoms. The summed E-state index contributed by atoms with van der Waals surface area (Å²) in [5, 5.41) is 17.5. The van der Waals surface area contributed by atoms with Crippen LogP contribution < -0.4 is 0 Å². The van der Waals surface area contributed by atoms with E-state index in [-0.39, 0.29) is 23.1 Å². The predicted octanol–water partition coefficient (Wildman–Crippen LogP) is 4.98. The van der Waals surface area contributed by atoms with Gasteiger partial charge in [-0.3, -0.25) is 4.79 Å². The number of carbonyl (C=O) groups excluding carboxylic acids is 1. The lowest BCUT2D eigenvalue weighted by Crippen LogP contribution is -2.48. The molecule has 0 aromatic heterocycles. The van der Waals surface area contributed by atoms with Crippen LogP contribution in [0.25, 0.3) is 5.70 Å². The summed E-state index contributed by atoms with van der Waals surface area (Å²) in [5.74, 6) is -1.47. The van der Waals surface area contributed by atoms with E-state index in [2.05, 4.69) is 16.8 Å². The number of carbonyl (C=O) groups is 1. The molecule has 2 aliphatic rings. The van der Waals surface area contributed by atoms with Crippen LogP contribution in [-0.4, -0.2) is 42.2 Å². The van der Waals surface area contributed by atoms with Crippen molar-refractivity contribution in [1.29, 1.82) is 0 Å². The summed E-state index contributed by atoms with van der Waals surface area (Å²) >= 11 is 0. The van der Waals surface area contributed by atoms with Crippen LogP contribution in [0, 0.1) is 28.4 Å². The largest absolute Gasteiger partial charge is 0.391 e. The Labute approximate surface area is 182 Å². The van der Waals surface area contributed by atoms with Gasteiger partial charge in [-0.05, 0) is 54.4 Å². The van der Waals surface area contributed by atoms with Crippen molar-refractivity contribution in [2.24, 2.45) is 27.0 Å². The first kappa shape index (κ1) is 23.3. The smallest absolute Gasteiger partial charge is 0.229 e. The summed E-state index contributed by atoms with van der Waals surface area (Å²) in [6.45, 7) is 11.2. The van der Waals surface area contributed by atoms with Crippen molar-refractivity contribution in [1.82, 2.24) is 4.90 Å². The minimum atomic E-state index is -0.718. The third-order valence-electron chi connectivity index (χ3n) is 7.35. The van der Waals surface area contributed by atoms with Crippen LogP contribution in [0.3, 0.4) is 0 Å². The topological polar surface area (TPSA) is 65.3 Å². The second-order valence-electron chi connectivity index (χ2n) is 9.34. The molecule has 1 aromatic carbocycles. The number of nitrogens with zero attached hydrogens (tertiary/aromatic N) is 3. The summed E-state index contributed by atoms with van der Waals surface area (Å²) in [6, 6.07) is 3.66. The molecule has 0 spiro atoms. The Hall–Kier alpha value is -2.41. The first-order valence-corrected chi connectivity index (χ1v) is 10.6. The highest BCUT2D eigenvalue weighted by Gasteiger charge is 2.57. The molecule has 2 unspecified atom stereocenters. The molecule has 5 nitrogen and oxygen atoms in total. The minimum absolute atomic E-state index is 0.0435. The number of hydrogen-bond donors (Lipinski definition) is 1. The molecule has 1 aliphatic carbocycles. The number of likely N-dealkylation sites (tertiary alicyclic amines) is 1. The molecule has 168 valence electrons. The van der Waals surface area contributed by atoms with E-state index in [0.29, 0.717) is 31.5 Å². The maximum atomic E-state index is 14.4. The van der Waals surface area contributed by atoms with E-state index in [0.717, 1.165) is 6.42 Å². The number of halogens is 2. The molecule has 3 atom stereocenters. The van der Waals surface area contributed by atoms with Crippen molar-refractivity contribution in [2.45, 2.75) is 46.1 Å². The van der Waals surface area contributed by atoms with Crippen LogP contribution in [-0.2, 0) is 4.79 Å². The lowest BCUT2D eigenvalue weighted by molar-refractivity contribution is -0.146. The molecule has 7 heteroatoms. The number of allylic oxidation sites excluding steroid dienone is 2. The Balaban J connectivity index is 1.91. The molecule has 3 rings (SSSR count). The summed E-state index contributed by atoms with van der Waals surface area (Å²) in [7, 11) is 1.44. The predicted molar refractivity (Wildman–Crippen MR) is 116 cm³/mol. The standard InChI is InChI=1S/C24H31F2N3O2/c1-15(13-20(28-27-5)21-18(25)7-6-8-19(21)26)17-9-11-24(4,23(17,2)3)22(31)29-12-10-16(30)14-29/h6-8,13,16-17,30H,1,9-12,14H2,2-5H3/b20-13-,28-27-/t16-,17?,24?/m1/s1. The zero-order valence-electron chi connectivity index (χ0n) is 18.7. The number of hydrogen-bond acceptors (Lipinski definition) is 4. The second-order valence-corrected chi connectivity index (χ2v) is 9.34. The SMILES string of the molecule is C=C(/C=C(\N=N/C)c1c(F)cccc1F)C1CCC(C)(C(=O)N2CC[C@@H](O)C2)C1(C)C. The number of aliphatic hydroxyl groups is 1. The molecular formula is C24H31F2N3O2. The lowest BCUT2D eigenvalue weighted by Gasteiger charge is -2.42. The van der Waals surface area contributed by atoms with Gasteiger partial charge in [-0.25, -0.2) is 8.78 Å². The molecule has 1 amide bonds. The van der Waals surface area contributed by atoms with Crippen molar-refractivity contribution < 1.29 is 18.7 Å². The average Bonchev–Trinajstić information content (AvgIpc) is 3.22. The van der Waals surface area contributed by atoms with Crippen molar-refractivity contribution in [3.63, 3.8) is 0 Å². The Morgan fingerprint density at radius 1 is 1.26 bits per heavy atom. The van der Waals surface area contributed by atoms with Crippen LogP contribution in [0.5, 0.6) is 0 Å². The Kier molecular flexibility index (Phi) is 6.46. The molecule has 1 N–H and O–H groups in total. The van der Waals surface area contributed by atoms with Gasteiger partial charge in [0, 0.05) is 20.1 Å². The van der Waals surface area contributed by atoms with Crippen molar-refractivity contribution >= 4 is 11.6 Å². The van der Waals surface area contributed by atoms with Gasteiger partial charge >= 0.3 is 0 Å². The highest BCUT2D eigenvalue weighted by atomic mass is 19.1. The number of azo groups is 1. The molecule has 1 aromatic rings. The fourth-order valence-corrected chi connectivity index (χ4v) is 5.08. The minimum Gasteiger partial charge on any atom is -0.391 e. The normalized spacial score (nSPS) is 28.5. The van der Waals surface area contributed by atoms with Gasteiger partial charge in [0.2, 0.25) is 5.91 Å². The maximum absolute atomic E-state index is 14.4. The fourth-order valence-electron chi connectivity index (χ4n) is 5.08. The summed E-state index contributed by atoms with van der Waals surface area (Å²) in [4.78, 5) is 15.1. The van der Waals surface area contributed by atoms with Gasteiger partial charge in [0.1, 0.15) is 11.6 Å². The van der Waals surface area contributed by atoms with Gasteiger partial charge in [-0.2, -0.15) is 10.2 Å². The van der Waals surface area contributed by atoms with Crippen LogP contribution >= 0.6 is 0 Å². The van der Waals surface area contributed by atoms with E-state index in [1.54, 1.807) is 11.0 Å². The van der Waals surface area contributed by atoms with Crippen LogP contribution in [0.2, 0.25) is 0 Å². The molecule has 1 heterocycles. The Bertz CT molecular complexity index is 921. The van der Waals surface area contributed by atoms with Crippen LogP contribution in [0.15, 0.2) is 46.7 Å². The monoisotopic (exact) mass is 431 g/mol. The molecular weight excluding hydrogens is 400 g/mol. The van der Waals surface area contributed by atoms with Crippen molar-refractivity contribution in [3.8, 4) is 0 Å². The van der Waals surface area contributed by atoms with Gasteiger partial charge < -0.3 is 10.0 Å². The molecule has 1 saturated carbocycles. The van der Waals surface area contributed by atoms with E-state index < -0.39 is 28.6 Å². The quantitative estimate of drug-likeness (QED) is 0.528. The zero-order valence-corrected chi connectivity index (χ0v) is 18.7. The van der Waals surface area contributed by atoms with E-state index in [1.807, 2.05) is 20.8 Å². The lowest BCUT2D eigenvalue weighted by atomic mass is 9.63. The maximum Gasteiger partial charge on any atom is 0.229 e. The number of amides is 1. The highest BCUT2D eigenvalue weighted by molar-refractivity contribution is 5.84. The summed E-state index contributed by atoms with van der Waals surface area (Å²) < 4.78 is 28.7. The average molecular weight is 432 g/mol. The third kappa shape index (κ3) is 4.07. The number of benzene rings is 1. The summed E-state index contributed by atoms with van der Waals surface area (Å²) in [6.07, 6.45) is 3.10. The van der Waals surface area contributed by atoms with E-state index in [9.17, 15) is 18.7 Å². The first-order chi connectivity index (χ1) is 14.5. The Morgan fingerprint density at radius 3 is 2.45 bits per heavy atom. The summed E-state index contributed by atoms with van der Waals surface area (Å²) in [5.41, 5.74) is -0.591. The second kappa shape index (κ2) is 8.61. The highest BCUT2D eigenvalue weighted by Crippen LogP contribution is 2.59. The van der Waals surface area contributed by atoms with Gasteiger partial charge in [0.25, 0.3) is 0 Å². The third-order valence-corrected chi connectivity index (χ3v) is 7.35. The fraction of sp³-hybridized carbons (Fsp3) is 0.542. The van der Waals surface area contributed by atoms with Gasteiger partial charge in [-0.15, -0.1) is 0 Å². The molecule has 2 fully saturated rings. The number of aliphatic hydroxyl groups excluding tert-OH is 1. The molecule has 0 radical (unpaired) electrons. The van der Waals surface area contributed by atoms with Crippen molar-refractivity contribution in [3.05, 3.63) is 53.6 Å². The number of β-amino-alcohol motifs (C(OH)–C–C–N with tert-alkyl or cyclic N) is 1.